The quantitative estimate of drug-likeness (QED) is 0.216. The van der Waals surface area contributed by atoms with Crippen LogP contribution in [0.25, 0.3) is 0 Å². The summed E-state index contributed by atoms with van der Waals surface area (Å²) >= 11 is 0. The molecule has 0 saturated carbocycles. The number of likely N-dealkylation sites (N-methyl/N-ethyl adjacent to an activating group) is 1. The predicted molar refractivity (Wildman–Crippen MR) is 59.6 cm³/mol. The predicted octanol–water partition coefficient (Wildman–Crippen LogP) is 1.63. The van der Waals surface area contributed by atoms with Gasteiger partial charge in [0.1, 0.15) is 0 Å². The highest BCUT2D eigenvalue weighted by atomic mass is 16.4. The fourth-order valence-corrected chi connectivity index (χ4v) is 1.58. The molecule has 3 N–H and O–H groups in total. The maximum Gasteiger partial charge on any atom is 0.156 e. The molecule has 0 aromatic rings. The van der Waals surface area contributed by atoms with E-state index >= 15 is 0 Å². The lowest BCUT2D eigenvalue weighted by Gasteiger charge is -2.25. The van der Waals surface area contributed by atoms with Gasteiger partial charge in [0.2, 0.25) is 0 Å². The Labute approximate surface area is 86.8 Å². The topological polar surface area (TPSA) is 61.8 Å². The summed E-state index contributed by atoms with van der Waals surface area (Å²) in [5.74, 6) is 0.312. The van der Waals surface area contributed by atoms with Crippen molar-refractivity contribution >= 4 is 5.84 Å². The van der Waals surface area contributed by atoms with Crippen LogP contribution in [-0.4, -0.2) is 35.6 Å². The standard InChI is InChI=1S/C10H23N3O/c1-4-6-7-8-13(3)9(5-2)10(11)12-14/h9,14H,4-8H2,1-3H3,(H2,11,12). The number of hydrogen-bond donors (Lipinski definition) is 2. The molecule has 0 fully saturated rings. The molecule has 0 amide bonds. The molecule has 84 valence electrons. The molecule has 4 nitrogen and oxygen atoms in total. The molecule has 0 spiro atoms. The molecular formula is C10H23N3O. The van der Waals surface area contributed by atoms with Crippen LogP contribution in [0.3, 0.4) is 0 Å². The number of unbranched alkanes of at least 4 members (excludes halogenated alkanes) is 2. The Bertz CT molecular complexity index is 171. The third-order valence-electron chi connectivity index (χ3n) is 2.49. The normalized spacial score (nSPS) is 14.7. The lowest BCUT2D eigenvalue weighted by atomic mass is 10.1. The zero-order chi connectivity index (χ0) is 11.0. The van der Waals surface area contributed by atoms with Gasteiger partial charge in [0.25, 0.3) is 0 Å². The van der Waals surface area contributed by atoms with E-state index in [0.29, 0.717) is 5.84 Å². The molecule has 0 aromatic carbocycles. The molecule has 0 saturated heterocycles. The second kappa shape index (κ2) is 7.62. The van der Waals surface area contributed by atoms with Crippen LogP contribution in [0.1, 0.15) is 39.5 Å². The number of nitrogens with two attached hydrogens (primary N) is 1. The van der Waals surface area contributed by atoms with Crippen molar-refractivity contribution in [2.75, 3.05) is 13.6 Å². The van der Waals surface area contributed by atoms with Crippen LogP contribution >= 0.6 is 0 Å². The van der Waals surface area contributed by atoms with Gasteiger partial charge in [0, 0.05) is 0 Å². The fraction of sp³-hybridized carbons (Fsp3) is 0.900. The molecule has 1 unspecified atom stereocenters. The van der Waals surface area contributed by atoms with E-state index in [0.717, 1.165) is 13.0 Å². The van der Waals surface area contributed by atoms with Crippen molar-refractivity contribution in [1.29, 1.82) is 0 Å². The SMILES string of the molecule is CCCCCN(C)C(CC)C(N)=NO. The van der Waals surface area contributed by atoms with Crippen molar-refractivity contribution < 1.29 is 5.21 Å². The third kappa shape index (κ3) is 4.46. The van der Waals surface area contributed by atoms with E-state index in [-0.39, 0.29) is 6.04 Å². The summed E-state index contributed by atoms with van der Waals surface area (Å²) in [6, 6.07) is 0.0665. The van der Waals surface area contributed by atoms with Crippen molar-refractivity contribution in [2.24, 2.45) is 10.9 Å². The molecule has 4 heteroatoms. The van der Waals surface area contributed by atoms with Gasteiger partial charge in [-0.05, 0) is 26.4 Å². The van der Waals surface area contributed by atoms with Crippen LogP contribution in [-0.2, 0) is 0 Å². The van der Waals surface area contributed by atoms with Gasteiger partial charge in [-0.15, -0.1) is 0 Å². The van der Waals surface area contributed by atoms with Crippen LogP contribution in [0.2, 0.25) is 0 Å². The molecule has 1 atom stereocenters. The zero-order valence-electron chi connectivity index (χ0n) is 9.53. The van der Waals surface area contributed by atoms with E-state index in [9.17, 15) is 0 Å². The van der Waals surface area contributed by atoms with E-state index in [4.69, 9.17) is 10.9 Å². The average Bonchev–Trinajstić information content (AvgIpc) is 2.19. The van der Waals surface area contributed by atoms with Gasteiger partial charge in [-0.25, -0.2) is 0 Å². The van der Waals surface area contributed by atoms with Gasteiger partial charge in [-0.1, -0.05) is 31.8 Å². The molecule has 0 aliphatic heterocycles. The Kier molecular flexibility index (Phi) is 7.20. The molecule has 14 heavy (non-hydrogen) atoms. The summed E-state index contributed by atoms with van der Waals surface area (Å²) in [5, 5.41) is 11.7. The van der Waals surface area contributed by atoms with Crippen molar-refractivity contribution in [2.45, 2.75) is 45.6 Å². The van der Waals surface area contributed by atoms with Crippen molar-refractivity contribution in [3.05, 3.63) is 0 Å². The molecular weight excluding hydrogens is 178 g/mol. The lowest BCUT2D eigenvalue weighted by Crippen LogP contribution is -2.42. The Morgan fingerprint density at radius 1 is 1.43 bits per heavy atom. The van der Waals surface area contributed by atoms with Gasteiger partial charge in [-0.3, -0.25) is 4.90 Å². The van der Waals surface area contributed by atoms with E-state index in [2.05, 4.69) is 17.0 Å². The van der Waals surface area contributed by atoms with Crippen LogP contribution < -0.4 is 5.73 Å². The van der Waals surface area contributed by atoms with E-state index in [1.807, 2.05) is 14.0 Å². The summed E-state index contributed by atoms with van der Waals surface area (Å²) < 4.78 is 0. The minimum absolute atomic E-state index is 0.0665. The first-order valence-corrected chi connectivity index (χ1v) is 5.35. The summed E-state index contributed by atoms with van der Waals surface area (Å²) in [5.41, 5.74) is 5.59. The van der Waals surface area contributed by atoms with Gasteiger partial charge in [-0.2, -0.15) is 0 Å². The first-order chi connectivity index (χ1) is 6.67. The lowest BCUT2D eigenvalue weighted by molar-refractivity contribution is 0.266. The highest BCUT2D eigenvalue weighted by Gasteiger charge is 2.16. The number of nitrogens with zero attached hydrogens (tertiary/aromatic N) is 2. The van der Waals surface area contributed by atoms with Gasteiger partial charge in [0.05, 0.1) is 6.04 Å². The van der Waals surface area contributed by atoms with E-state index in [1.54, 1.807) is 0 Å². The Morgan fingerprint density at radius 2 is 2.07 bits per heavy atom. The van der Waals surface area contributed by atoms with Crippen LogP contribution in [0.15, 0.2) is 5.16 Å². The highest BCUT2D eigenvalue weighted by Crippen LogP contribution is 2.04. The summed E-state index contributed by atoms with van der Waals surface area (Å²) in [4.78, 5) is 2.14. The second-order valence-electron chi connectivity index (χ2n) is 3.64. The summed E-state index contributed by atoms with van der Waals surface area (Å²) in [6.07, 6.45) is 4.49. The van der Waals surface area contributed by atoms with E-state index < -0.39 is 0 Å². The van der Waals surface area contributed by atoms with Gasteiger partial charge >= 0.3 is 0 Å². The Morgan fingerprint density at radius 3 is 2.50 bits per heavy atom. The van der Waals surface area contributed by atoms with Crippen molar-refractivity contribution in [1.82, 2.24) is 4.90 Å². The highest BCUT2D eigenvalue weighted by molar-refractivity contribution is 5.85. The summed E-state index contributed by atoms with van der Waals surface area (Å²) in [6.45, 7) is 5.22. The largest absolute Gasteiger partial charge is 0.409 e. The number of amidine groups is 1. The Hall–Kier alpha value is -0.770. The minimum atomic E-state index is 0.0665. The van der Waals surface area contributed by atoms with Crippen molar-refractivity contribution in [3.63, 3.8) is 0 Å². The molecule has 0 bridgehead atoms. The van der Waals surface area contributed by atoms with Crippen LogP contribution in [0, 0.1) is 0 Å². The molecule has 0 rings (SSSR count). The van der Waals surface area contributed by atoms with Crippen LogP contribution in [0.5, 0.6) is 0 Å². The molecule has 0 aromatic heterocycles. The number of oxime groups is 1. The Balaban J connectivity index is 3.98. The van der Waals surface area contributed by atoms with E-state index in [1.165, 1.54) is 19.3 Å². The molecule has 0 aliphatic rings. The number of hydrogen-bond acceptors (Lipinski definition) is 3. The molecule has 0 heterocycles. The second-order valence-corrected chi connectivity index (χ2v) is 3.64. The maximum atomic E-state index is 8.59. The monoisotopic (exact) mass is 201 g/mol. The third-order valence-corrected chi connectivity index (χ3v) is 2.49. The van der Waals surface area contributed by atoms with Gasteiger partial charge in [0.15, 0.2) is 5.84 Å². The van der Waals surface area contributed by atoms with Crippen LogP contribution in [0.4, 0.5) is 0 Å². The maximum absolute atomic E-state index is 8.59. The van der Waals surface area contributed by atoms with Gasteiger partial charge < -0.3 is 10.9 Å². The first-order valence-electron chi connectivity index (χ1n) is 5.35. The van der Waals surface area contributed by atoms with Crippen molar-refractivity contribution in [3.8, 4) is 0 Å². The summed E-state index contributed by atoms with van der Waals surface area (Å²) in [7, 11) is 2.02. The smallest absolute Gasteiger partial charge is 0.156 e. The minimum Gasteiger partial charge on any atom is -0.409 e. The number of rotatable bonds is 7. The average molecular weight is 201 g/mol. The molecule has 0 radical (unpaired) electrons. The fourth-order valence-electron chi connectivity index (χ4n) is 1.58. The zero-order valence-corrected chi connectivity index (χ0v) is 9.53. The molecule has 0 aliphatic carbocycles. The first kappa shape index (κ1) is 13.2.